The Hall–Kier alpha value is -3.27. The van der Waals surface area contributed by atoms with E-state index in [2.05, 4.69) is 10.6 Å². The van der Waals surface area contributed by atoms with E-state index >= 15 is 0 Å². The lowest BCUT2D eigenvalue weighted by molar-refractivity contribution is -0.136. The summed E-state index contributed by atoms with van der Waals surface area (Å²) in [7, 11) is 1.71. The number of nitrogens with zero attached hydrogens (tertiary/aromatic N) is 2. The molecule has 158 valence electrons. The van der Waals surface area contributed by atoms with E-state index in [-0.39, 0.29) is 48.3 Å². The van der Waals surface area contributed by atoms with Crippen molar-refractivity contribution in [3.8, 4) is 5.75 Å². The second-order valence-electron chi connectivity index (χ2n) is 7.57. The molecular weight excluding hydrogens is 392 g/mol. The summed E-state index contributed by atoms with van der Waals surface area (Å²) in [6.45, 7) is 1.29. The van der Waals surface area contributed by atoms with Gasteiger partial charge in [-0.15, -0.1) is 0 Å². The summed E-state index contributed by atoms with van der Waals surface area (Å²) in [5, 5.41) is 5.35. The standard InChI is InChI=1S/C20H22N4O6/c1-23(11-7-8-21-9-11)16(26)10-30-14-4-2-3-12-17(14)20(29)24(19(12)28)13-5-6-15(25)22-18(13)27/h2-4,11,13,21H,5-10H2,1H3,(H,22,25,27). The molecule has 0 radical (unpaired) electrons. The lowest BCUT2D eigenvalue weighted by atomic mass is 10.0. The van der Waals surface area contributed by atoms with Crippen molar-refractivity contribution in [3.63, 3.8) is 0 Å². The SMILES string of the molecule is CN(C(=O)COc1cccc2c1C(=O)N(C1CCC(=O)NC1=O)C2=O)C1CCNC1. The van der Waals surface area contributed by atoms with Crippen LogP contribution in [0.1, 0.15) is 40.0 Å². The topological polar surface area (TPSA) is 125 Å². The highest BCUT2D eigenvalue weighted by atomic mass is 16.5. The minimum atomic E-state index is -1.05. The Bertz CT molecular complexity index is 939. The van der Waals surface area contributed by atoms with E-state index < -0.39 is 29.7 Å². The zero-order valence-electron chi connectivity index (χ0n) is 16.5. The Labute approximate surface area is 172 Å². The van der Waals surface area contributed by atoms with Crippen LogP contribution in [0.5, 0.6) is 5.75 Å². The number of fused-ring (bicyclic) bond motifs is 1. The van der Waals surface area contributed by atoms with Crippen LogP contribution < -0.4 is 15.4 Å². The number of hydrogen-bond acceptors (Lipinski definition) is 7. The van der Waals surface area contributed by atoms with Crippen LogP contribution in [0, 0.1) is 0 Å². The predicted octanol–water partition coefficient (Wildman–Crippen LogP) is -0.713. The molecule has 2 unspecified atom stereocenters. The molecule has 4 rings (SSSR count). The first kappa shape index (κ1) is 20.0. The van der Waals surface area contributed by atoms with Crippen molar-refractivity contribution in [2.75, 3.05) is 26.7 Å². The first-order chi connectivity index (χ1) is 14.4. The molecule has 1 aromatic carbocycles. The minimum absolute atomic E-state index is 0.0326. The first-order valence-corrected chi connectivity index (χ1v) is 9.82. The molecule has 0 spiro atoms. The molecule has 1 aromatic rings. The average molecular weight is 414 g/mol. The van der Waals surface area contributed by atoms with Gasteiger partial charge in [-0.05, 0) is 31.5 Å². The maximum Gasteiger partial charge on any atom is 0.266 e. The third kappa shape index (κ3) is 3.43. The Balaban J connectivity index is 1.51. The monoisotopic (exact) mass is 414 g/mol. The van der Waals surface area contributed by atoms with Gasteiger partial charge in [0.05, 0.1) is 11.1 Å². The number of benzene rings is 1. The maximum absolute atomic E-state index is 13.0. The van der Waals surface area contributed by atoms with E-state index in [0.717, 1.165) is 24.4 Å². The van der Waals surface area contributed by atoms with Crippen molar-refractivity contribution in [2.45, 2.75) is 31.3 Å². The van der Waals surface area contributed by atoms with Crippen LogP contribution >= 0.6 is 0 Å². The molecule has 0 aliphatic carbocycles. The van der Waals surface area contributed by atoms with Gasteiger partial charge in [-0.2, -0.15) is 0 Å². The number of nitrogens with one attached hydrogen (secondary N) is 2. The molecule has 0 bridgehead atoms. The molecule has 3 aliphatic rings. The molecule has 10 heteroatoms. The van der Waals surface area contributed by atoms with E-state index in [1.807, 2.05) is 0 Å². The fourth-order valence-corrected chi connectivity index (χ4v) is 4.02. The summed E-state index contributed by atoms with van der Waals surface area (Å²) in [5.41, 5.74) is 0.146. The molecule has 2 saturated heterocycles. The molecule has 10 nitrogen and oxygen atoms in total. The molecular formula is C20H22N4O6. The van der Waals surface area contributed by atoms with Crippen LogP contribution in [0.4, 0.5) is 0 Å². The first-order valence-electron chi connectivity index (χ1n) is 9.82. The number of amides is 5. The Morgan fingerprint density at radius 3 is 2.70 bits per heavy atom. The molecule has 5 amide bonds. The largest absolute Gasteiger partial charge is 0.483 e. The van der Waals surface area contributed by atoms with Crippen LogP contribution in [-0.4, -0.2) is 78.2 Å². The minimum Gasteiger partial charge on any atom is -0.483 e. The van der Waals surface area contributed by atoms with Gasteiger partial charge >= 0.3 is 0 Å². The van der Waals surface area contributed by atoms with Gasteiger partial charge in [0.1, 0.15) is 11.8 Å². The molecule has 2 atom stereocenters. The van der Waals surface area contributed by atoms with Crippen LogP contribution in [0.2, 0.25) is 0 Å². The van der Waals surface area contributed by atoms with Crippen molar-refractivity contribution < 1.29 is 28.7 Å². The average Bonchev–Trinajstić information content (AvgIpc) is 3.34. The van der Waals surface area contributed by atoms with Gasteiger partial charge in [0.2, 0.25) is 11.8 Å². The highest BCUT2D eigenvalue weighted by Crippen LogP contribution is 2.33. The molecule has 0 saturated carbocycles. The van der Waals surface area contributed by atoms with Gasteiger partial charge in [-0.25, -0.2) is 0 Å². The van der Waals surface area contributed by atoms with Gasteiger partial charge in [0.25, 0.3) is 17.7 Å². The van der Waals surface area contributed by atoms with Crippen molar-refractivity contribution in [1.29, 1.82) is 0 Å². The van der Waals surface area contributed by atoms with Crippen molar-refractivity contribution in [1.82, 2.24) is 20.4 Å². The summed E-state index contributed by atoms with van der Waals surface area (Å²) < 4.78 is 5.62. The summed E-state index contributed by atoms with van der Waals surface area (Å²) in [6.07, 6.45) is 0.978. The third-order valence-corrected chi connectivity index (χ3v) is 5.76. The second-order valence-corrected chi connectivity index (χ2v) is 7.57. The fraction of sp³-hybridized carbons (Fsp3) is 0.450. The number of carbonyl (C=O) groups is 5. The Kier molecular flexibility index (Phi) is 5.25. The van der Waals surface area contributed by atoms with Crippen molar-refractivity contribution in [2.24, 2.45) is 0 Å². The van der Waals surface area contributed by atoms with Gasteiger partial charge in [-0.1, -0.05) is 6.07 Å². The van der Waals surface area contributed by atoms with E-state index in [0.29, 0.717) is 0 Å². The van der Waals surface area contributed by atoms with E-state index in [1.165, 1.54) is 12.1 Å². The number of piperidine rings is 1. The van der Waals surface area contributed by atoms with Gasteiger partial charge in [0.15, 0.2) is 6.61 Å². The lowest BCUT2D eigenvalue weighted by Gasteiger charge is -2.27. The number of imide groups is 2. The molecule has 0 aromatic heterocycles. The molecule has 2 N–H and O–H groups in total. The van der Waals surface area contributed by atoms with Crippen LogP contribution in [0.15, 0.2) is 18.2 Å². The molecule has 2 fully saturated rings. The zero-order chi connectivity index (χ0) is 21.4. The number of ether oxygens (including phenoxy) is 1. The van der Waals surface area contributed by atoms with E-state index in [4.69, 9.17) is 4.74 Å². The summed E-state index contributed by atoms with van der Waals surface area (Å²) in [4.78, 5) is 64.3. The lowest BCUT2D eigenvalue weighted by Crippen LogP contribution is -2.54. The van der Waals surface area contributed by atoms with E-state index in [1.54, 1.807) is 18.0 Å². The van der Waals surface area contributed by atoms with Gasteiger partial charge in [-0.3, -0.25) is 34.2 Å². The highest BCUT2D eigenvalue weighted by molar-refractivity contribution is 6.24. The fourth-order valence-electron chi connectivity index (χ4n) is 4.02. The number of hydrogen-bond donors (Lipinski definition) is 2. The maximum atomic E-state index is 13.0. The Morgan fingerprint density at radius 1 is 1.20 bits per heavy atom. The summed E-state index contributed by atoms with van der Waals surface area (Å²) >= 11 is 0. The highest BCUT2D eigenvalue weighted by Gasteiger charge is 2.46. The van der Waals surface area contributed by atoms with E-state index in [9.17, 15) is 24.0 Å². The zero-order valence-corrected chi connectivity index (χ0v) is 16.5. The molecule has 30 heavy (non-hydrogen) atoms. The predicted molar refractivity (Wildman–Crippen MR) is 103 cm³/mol. The van der Waals surface area contributed by atoms with Crippen molar-refractivity contribution >= 4 is 29.5 Å². The van der Waals surface area contributed by atoms with Crippen LogP contribution in [0.25, 0.3) is 0 Å². The second kappa shape index (κ2) is 7.86. The normalized spacial score (nSPS) is 23.4. The number of carbonyl (C=O) groups excluding carboxylic acids is 5. The van der Waals surface area contributed by atoms with Crippen molar-refractivity contribution in [3.05, 3.63) is 29.3 Å². The molecule has 3 heterocycles. The molecule has 3 aliphatic heterocycles. The summed E-state index contributed by atoms with van der Waals surface area (Å²) in [5.74, 6) is -2.51. The van der Waals surface area contributed by atoms with Crippen LogP contribution in [0.3, 0.4) is 0 Å². The number of rotatable bonds is 5. The van der Waals surface area contributed by atoms with Crippen LogP contribution in [-0.2, 0) is 14.4 Å². The quantitative estimate of drug-likeness (QED) is 0.610. The Morgan fingerprint density at radius 2 is 2.00 bits per heavy atom. The third-order valence-electron chi connectivity index (χ3n) is 5.76. The van der Waals surface area contributed by atoms with Gasteiger partial charge in [0, 0.05) is 26.1 Å². The smallest absolute Gasteiger partial charge is 0.266 e. The summed E-state index contributed by atoms with van der Waals surface area (Å²) in [6, 6.07) is 3.59. The number of likely N-dealkylation sites (N-methyl/N-ethyl adjacent to an activating group) is 1. The van der Waals surface area contributed by atoms with Gasteiger partial charge < -0.3 is 15.0 Å².